The Morgan fingerprint density at radius 3 is 2.92 bits per heavy atom. The number of oxazole rings is 1. The fraction of sp³-hybridized carbons (Fsp3) is 0.286. The van der Waals surface area contributed by atoms with Gasteiger partial charge in [0, 0.05) is 18.9 Å². The maximum absolute atomic E-state index is 13.3. The standard InChI is InChI=1S/C21H21N3O2/c1-15-20(23-14-26-15)21(25)24(13-16-6-5-11-22-12-16)19-10-4-8-17-7-2-3-9-18(17)19/h2-3,5-7,9,11-12,14,19H,4,8,10,13H2,1H3. The van der Waals surface area contributed by atoms with E-state index in [4.69, 9.17) is 4.42 Å². The van der Waals surface area contributed by atoms with E-state index in [2.05, 4.69) is 28.2 Å². The number of fused-ring (bicyclic) bond motifs is 1. The second kappa shape index (κ2) is 7.12. The lowest BCUT2D eigenvalue weighted by Gasteiger charge is -2.35. The van der Waals surface area contributed by atoms with Gasteiger partial charge in [-0.15, -0.1) is 0 Å². The molecule has 0 N–H and O–H groups in total. The minimum atomic E-state index is -0.0955. The predicted molar refractivity (Wildman–Crippen MR) is 97.5 cm³/mol. The largest absolute Gasteiger partial charge is 0.448 e. The van der Waals surface area contributed by atoms with Crippen LogP contribution in [-0.4, -0.2) is 20.8 Å². The van der Waals surface area contributed by atoms with E-state index in [1.54, 1.807) is 13.1 Å². The first kappa shape index (κ1) is 16.5. The van der Waals surface area contributed by atoms with Gasteiger partial charge in [0.05, 0.1) is 6.04 Å². The van der Waals surface area contributed by atoms with Crippen molar-refractivity contribution in [2.75, 3.05) is 0 Å². The van der Waals surface area contributed by atoms with E-state index in [0.29, 0.717) is 18.0 Å². The molecule has 2 aromatic heterocycles. The summed E-state index contributed by atoms with van der Waals surface area (Å²) in [6.45, 7) is 2.27. The Balaban J connectivity index is 1.74. The van der Waals surface area contributed by atoms with Crippen LogP contribution in [0.4, 0.5) is 0 Å². The Hall–Kier alpha value is -2.95. The molecule has 0 saturated heterocycles. The number of aromatic nitrogens is 2. The molecule has 1 atom stereocenters. The smallest absolute Gasteiger partial charge is 0.276 e. The normalized spacial score (nSPS) is 16.1. The quantitative estimate of drug-likeness (QED) is 0.713. The number of benzene rings is 1. The second-order valence-corrected chi connectivity index (χ2v) is 6.66. The number of aryl methyl sites for hydroxylation is 2. The Bertz CT molecular complexity index is 904. The van der Waals surface area contributed by atoms with Crippen molar-refractivity contribution in [3.05, 3.63) is 83.3 Å². The minimum Gasteiger partial charge on any atom is -0.448 e. The molecule has 3 aromatic rings. The van der Waals surface area contributed by atoms with Gasteiger partial charge in [-0.2, -0.15) is 0 Å². The highest BCUT2D eigenvalue weighted by Crippen LogP contribution is 2.36. The van der Waals surface area contributed by atoms with Crippen LogP contribution >= 0.6 is 0 Å². The lowest BCUT2D eigenvalue weighted by molar-refractivity contribution is 0.0630. The van der Waals surface area contributed by atoms with E-state index in [1.165, 1.54) is 17.5 Å². The average molecular weight is 347 g/mol. The van der Waals surface area contributed by atoms with Crippen molar-refractivity contribution in [2.24, 2.45) is 0 Å². The van der Waals surface area contributed by atoms with Crippen LogP contribution < -0.4 is 0 Å². The summed E-state index contributed by atoms with van der Waals surface area (Å²) in [5, 5.41) is 0. The molecular weight excluding hydrogens is 326 g/mol. The highest BCUT2D eigenvalue weighted by molar-refractivity contribution is 5.93. The maximum atomic E-state index is 13.3. The van der Waals surface area contributed by atoms with Gasteiger partial charge in [-0.05, 0) is 48.9 Å². The number of hydrogen-bond acceptors (Lipinski definition) is 4. The molecule has 1 aliphatic rings. The summed E-state index contributed by atoms with van der Waals surface area (Å²) < 4.78 is 5.27. The molecule has 0 fully saturated rings. The monoisotopic (exact) mass is 347 g/mol. The van der Waals surface area contributed by atoms with Gasteiger partial charge < -0.3 is 9.32 Å². The van der Waals surface area contributed by atoms with Crippen molar-refractivity contribution < 1.29 is 9.21 Å². The van der Waals surface area contributed by atoms with E-state index in [-0.39, 0.29) is 11.9 Å². The fourth-order valence-electron chi connectivity index (χ4n) is 3.71. The molecule has 0 aliphatic heterocycles. The van der Waals surface area contributed by atoms with Crippen LogP contribution in [0.5, 0.6) is 0 Å². The molecule has 0 radical (unpaired) electrons. The van der Waals surface area contributed by atoms with E-state index in [9.17, 15) is 4.79 Å². The summed E-state index contributed by atoms with van der Waals surface area (Å²) in [6, 6.07) is 12.3. The molecule has 1 unspecified atom stereocenters. The number of hydrogen-bond donors (Lipinski definition) is 0. The van der Waals surface area contributed by atoms with Gasteiger partial charge in [-0.3, -0.25) is 9.78 Å². The number of pyridine rings is 1. The zero-order valence-corrected chi connectivity index (χ0v) is 14.8. The topological polar surface area (TPSA) is 59.2 Å². The van der Waals surface area contributed by atoms with Crippen molar-refractivity contribution in [1.82, 2.24) is 14.9 Å². The number of amides is 1. The summed E-state index contributed by atoms with van der Waals surface area (Å²) in [7, 11) is 0. The molecule has 26 heavy (non-hydrogen) atoms. The first-order valence-electron chi connectivity index (χ1n) is 8.92. The van der Waals surface area contributed by atoms with Crippen LogP contribution in [0.25, 0.3) is 0 Å². The average Bonchev–Trinajstić information content (AvgIpc) is 3.12. The number of rotatable bonds is 4. The molecule has 0 spiro atoms. The van der Waals surface area contributed by atoms with Gasteiger partial charge >= 0.3 is 0 Å². The van der Waals surface area contributed by atoms with Gasteiger partial charge in [-0.1, -0.05) is 30.3 Å². The second-order valence-electron chi connectivity index (χ2n) is 6.66. The summed E-state index contributed by atoms with van der Waals surface area (Å²) in [5.74, 6) is 0.456. The first-order valence-corrected chi connectivity index (χ1v) is 8.92. The zero-order valence-electron chi connectivity index (χ0n) is 14.8. The first-order chi connectivity index (χ1) is 12.7. The Labute approximate surface area is 152 Å². The number of carbonyl (C=O) groups is 1. The minimum absolute atomic E-state index is 0.0313. The van der Waals surface area contributed by atoms with Gasteiger partial charge in [0.2, 0.25) is 0 Å². The molecule has 1 aromatic carbocycles. The van der Waals surface area contributed by atoms with Crippen molar-refractivity contribution in [3.63, 3.8) is 0 Å². The fourth-order valence-corrected chi connectivity index (χ4v) is 3.71. The highest BCUT2D eigenvalue weighted by atomic mass is 16.3. The van der Waals surface area contributed by atoms with Crippen molar-refractivity contribution in [1.29, 1.82) is 0 Å². The van der Waals surface area contributed by atoms with Crippen LogP contribution in [0.3, 0.4) is 0 Å². The SMILES string of the molecule is Cc1ocnc1C(=O)N(Cc1cccnc1)C1CCCc2ccccc21. The summed E-state index contributed by atoms with van der Waals surface area (Å²) >= 11 is 0. The molecule has 132 valence electrons. The summed E-state index contributed by atoms with van der Waals surface area (Å²) in [5.41, 5.74) is 3.95. The van der Waals surface area contributed by atoms with Crippen LogP contribution in [0, 0.1) is 6.92 Å². The Kier molecular flexibility index (Phi) is 4.52. The van der Waals surface area contributed by atoms with Crippen LogP contribution in [0.1, 0.15) is 51.8 Å². The molecule has 0 bridgehead atoms. The van der Waals surface area contributed by atoms with Gasteiger partial charge in [0.15, 0.2) is 12.1 Å². The van der Waals surface area contributed by atoms with Crippen LogP contribution in [-0.2, 0) is 13.0 Å². The van der Waals surface area contributed by atoms with Gasteiger partial charge in [-0.25, -0.2) is 4.98 Å². The molecule has 0 saturated carbocycles. The van der Waals surface area contributed by atoms with E-state index < -0.39 is 0 Å². The molecular formula is C21H21N3O2. The van der Waals surface area contributed by atoms with E-state index in [0.717, 1.165) is 24.8 Å². The lowest BCUT2D eigenvalue weighted by Crippen LogP contribution is -2.36. The molecule has 2 heterocycles. The molecule has 4 rings (SSSR count). The van der Waals surface area contributed by atoms with E-state index in [1.807, 2.05) is 29.3 Å². The Morgan fingerprint density at radius 2 is 2.15 bits per heavy atom. The van der Waals surface area contributed by atoms with Crippen molar-refractivity contribution in [3.8, 4) is 0 Å². The molecule has 5 heteroatoms. The number of nitrogens with zero attached hydrogens (tertiary/aromatic N) is 3. The lowest BCUT2D eigenvalue weighted by atomic mass is 9.86. The predicted octanol–water partition coefficient (Wildman–Crippen LogP) is 4.10. The summed E-state index contributed by atoms with van der Waals surface area (Å²) in [4.78, 5) is 23.6. The van der Waals surface area contributed by atoms with Crippen molar-refractivity contribution >= 4 is 5.91 Å². The number of carbonyl (C=O) groups excluding carboxylic acids is 1. The van der Waals surface area contributed by atoms with Gasteiger partial charge in [0.1, 0.15) is 5.76 Å². The summed E-state index contributed by atoms with van der Waals surface area (Å²) in [6.07, 6.45) is 7.96. The molecule has 1 aliphatic carbocycles. The van der Waals surface area contributed by atoms with Crippen molar-refractivity contribution in [2.45, 2.75) is 38.8 Å². The molecule has 1 amide bonds. The Morgan fingerprint density at radius 1 is 1.27 bits per heavy atom. The van der Waals surface area contributed by atoms with Crippen LogP contribution in [0.15, 0.2) is 59.6 Å². The van der Waals surface area contributed by atoms with E-state index >= 15 is 0 Å². The third-order valence-corrected chi connectivity index (χ3v) is 5.00. The highest BCUT2D eigenvalue weighted by Gasteiger charge is 2.31. The van der Waals surface area contributed by atoms with Crippen LogP contribution in [0.2, 0.25) is 0 Å². The third-order valence-electron chi connectivity index (χ3n) is 5.00. The third kappa shape index (κ3) is 3.12. The molecule has 5 nitrogen and oxygen atoms in total. The maximum Gasteiger partial charge on any atom is 0.276 e. The zero-order chi connectivity index (χ0) is 17.9. The van der Waals surface area contributed by atoms with Gasteiger partial charge in [0.25, 0.3) is 5.91 Å².